The zero-order valence-electron chi connectivity index (χ0n) is 5.66. The van der Waals surface area contributed by atoms with Crippen molar-refractivity contribution in [3.8, 4) is 0 Å². The van der Waals surface area contributed by atoms with Gasteiger partial charge in [-0.2, -0.15) is 0 Å². The van der Waals surface area contributed by atoms with Crippen LogP contribution in [0.2, 0.25) is 0 Å². The molecule has 1 fully saturated rings. The van der Waals surface area contributed by atoms with Crippen LogP contribution in [-0.4, -0.2) is 46.8 Å². The second-order valence-electron chi connectivity index (χ2n) is 2.40. The molecule has 4 nitrogen and oxygen atoms in total. The SMILES string of the molecule is O=C(O)C1CCN1CCO. The van der Waals surface area contributed by atoms with E-state index in [1.807, 2.05) is 0 Å². The van der Waals surface area contributed by atoms with Gasteiger partial charge in [0.15, 0.2) is 0 Å². The summed E-state index contributed by atoms with van der Waals surface area (Å²) < 4.78 is 0. The number of rotatable bonds is 3. The molecule has 0 aromatic carbocycles. The van der Waals surface area contributed by atoms with E-state index in [9.17, 15) is 4.79 Å². The van der Waals surface area contributed by atoms with E-state index in [4.69, 9.17) is 10.2 Å². The lowest BCUT2D eigenvalue weighted by atomic mass is 10.0. The lowest BCUT2D eigenvalue weighted by Gasteiger charge is -2.37. The van der Waals surface area contributed by atoms with Crippen LogP contribution in [0.1, 0.15) is 6.42 Å². The third-order valence-corrected chi connectivity index (χ3v) is 1.80. The van der Waals surface area contributed by atoms with E-state index in [2.05, 4.69) is 0 Å². The first-order valence-electron chi connectivity index (χ1n) is 3.33. The molecule has 0 spiro atoms. The number of hydrogen-bond acceptors (Lipinski definition) is 3. The molecule has 0 aromatic rings. The highest BCUT2D eigenvalue weighted by Gasteiger charge is 2.32. The normalized spacial score (nSPS) is 25.9. The number of likely N-dealkylation sites (tertiary alicyclic amines) is 1. The Kier molecular flexibility index (Phi) is 2.24. The number of aliphatic hydroxyl groups excluding tert-OH is 1. The standard InChI is InChI=1S/C6H11NO3/c8-4-3-7-2-1-5(7)6(9)10/h5,8H,1-4H2,(H,9,10). The Morgan fingerprint density at radius 3 is 2.70 bits per heavy atom. The first-order valence-corrected chi connectivity index (χ1v) is 3.33. The molecule has 0 bridgehead atoms. The number of aliphatic hydroxyl groups is 1. The van der Waals surface area contributed by atoms with Gasteiger partial charge in [0, 0.05) is 13.1 Å². The van der Waals surface area contributed by atoms with Gasteiger partial charge in [0.05, 0.1) is 6.61 Å². The van der Waals surface area contributed by atoms with Gasteiger partial charge >= 0.3 is 5.97 Å². The van der Waals surface area contributed by atoms with Gasteiger partial charge in [-0.05, 0) is 6.42 Å². The van der Waals surface area contributed by atoms with Crippen molar-refractivity contribution in [1.29, 1.82) is 0 Å². The molecule has 0 radical (unpaired) electrons. The lowest BCUT2D eigenvalue weighted by Crippen LogP contribution is -2.53. The van der Waals surface area contributed by atoms with Gasteiger partial charge < -0.3 is 10.2 Å². The van der Waals surface area contributed by atoms with Gasteiger partial charge in [-0.25, -0.2) is 0 Å². The monoisotopic (exact) mass is 145 g/mol. The molecule has 0 aliphatic carbocycles. The van der Waals surface area contributed by atoms with Gasteiger partial charge in [-0.15, -0.1) is 0 Å². The van der Waals surface area contributed by atoms with E-state index in [1.54, 1.807) is 4.90 Å². The predicted molar refractivity (Wildman–Crippen MR) is 34.7 cm³/mol. The Balaban J connectivity index is 2.28. The Bertz CT molecular complexity index is 137. The molecule has 0 amide bonds. The van der Waals surface area contributed by atoms with Crippen molar-refractivity contribution in [1.82, 2.24) is 4.90 Å². The Morgan fingerprint density at radius 2 is 2.40 bits per heavy atom. The van der Waals surface area contributed by atoms with Crippen molar-refractivity contribution in [3.05, 3.63) is 0 Å². The molecular formula is C6H11NO3. The Labute approximate surface area is 59.1 Å². The number of nitrogens with zero attached hydrogens (tertiary/aromatic N) is 1. The molecule has 1 unspecified atom stereocenters. The summed E-state index contributed by atoms with van der Waals surface area (Å²) in [6, 6.07) is -0.341. The predicted octanol–water partition coefficient (Wildman–Crippen LogP) is -0.862. The van der Waals surface area contributed by atoms with E-state index in [-0.39, 0.29) is 12.6 Å². The molecule has 10 heavy (non-hydrogen) atoms. The summed E-state index contributed by atoms with van der Waals surface area (Å²) >= 11 is 0. The van der Waals surface area contributed by atoms with Crippen molar-refractivity contribution in [2.45, 2.75) is 12.5 Å². The summed E-state index contributed by atoms with van der Waals surface area (Å²) in [5, 5.41) is 17.0. The largest absolute Gasteiger partial charge is 0.480 e. The molecule has 0 saturated carbocycles. The first kappa shape index (κ1) is 7.50. The van der Waals surface area contributed by atoms with Crippen LogP contribution in [0, 0.1) is 0 Å². The number of aliphatic carboxylic acids is 1. The van der Waals surface area contributed by atoms with Crippen LogP contribution in [0.15, 0.2) is 0 Å². The number of carbonyl (C=O) groups is 1. The molecule has 1 atom stereocenters. The molecule has 2 N–H and O–H groups in total. The second-order valence-corrected chi connectivity index (χ2v) is 2.40. The van der Waals surface area contributed by atoms with Gasteiger partial charge in [-0.3, -0.25) is 9.69 Å². The van der Waals surface area contributed by atoms with Crippen LogP contribution in [0.5, 0.6) is 0 Å². The fourth-order valence-corrected chi connectivity index (χ4v) is 1.12. The van der Waals surface area contributed by atoms with Gasteiger partial charge in [0.2, 0.25) is 0 Å². The number of hydrogen-bond donors (Lipinski definition) is 2. The minimum atomic E-state index is -0.778. The Hall–Kier alpha value is -0.610. The van der Waals surface area contributed by atoms with Crippen LogP contribution in [0.3, 0.4) is 0 Å². The number of β-amino-alcohol motifs (C(OH)–C–C–N with tert-alkyl or cyclic N) is 1. The minimum absolute atomic E-state index is 0.0454. The second kappa shape index (κ2) is 2.98. The molecule has 1 saturated heterocycles. The van der Waals surface area contributed by atoms with Crippen LogP contribution >= 0.6 is 0 Å². The average Bonchev–Trinajstić information content (AvgIpc) is 1.78. The van der Waals surface area contributed by atoms with E-state index < -0.39 is 5.97 Å². The molecule has 4 heteroatoms. The summed E-state index contributed by atoms with van der Waals surface area (Å²) in [6.07, 6.45) is 0.718. The minimum Gasteiger partial charge on any atom is -0.480 e. The smallest absolute Gasteiger partial charge is 0.320 e. The molecule has 0 aromatic heterocycles. The fraction of sp³-hybridized carbons (Fsp3) is 0.833. The van der Waals surface area contributed by atoms with Crippen molar-refractivity contribution >= 4 is 5.97 Å². The molecule has 58 valence electrons. The fourth-order valence-electron chi connectivity index (χ4n) is 1.12. The highest BCUT2D eigenvalue weighted by molar-refractivity contribution is 5.74. The summed E-state index contributed by atoms with van der Waals surface area (Å²) in [7, 11) is 0. The van der Waals surface area contributed by atoms with E-state index in [0.29, 0.717) is 6.54 Å². The van der Waals surface area contributed by atoms with Crippen LogP contribution in [0.4, 0.5) is 0 Å². The number of carboxylic acids is 1. The van der Waals surface area contributed by atoms with Gasteiger partial charge in [0.1, 0.15) is 6.04 Å². The van der Waals surface area contributed by atoms with Crippen LogP contribution in [-0.2, 0) is 4.79 Å². The quantitative estimate of drug-likeness (QED) is 0.542. The highest BCUT2D eigenvalue weighted by atomic mass is 16.4. The summed E-state index contributed by atoms with van der Waals surface area (Å²) in [4.78, 5) is 12.1. The number of carboxylic acid groups (broad SMARTS) is 1. The van der Waals surface area contributed by atoms with Crippen molar-refractivity contribution in [2.75, 3.05) is 19.7 Å². The highest BCUT2D eigenvalue weighted by Crippen LogP contribution is 2.15. The molecule has 1 aliphatic rings. The third-order valence-electron chi connectivity index (χ3n) is 1.80. The zero-order chi connectivity index (χ0) is 7.56. The molecular weight excluding hydrogens is 134 g/mol. The van der Waals surface area contributed by atoms with Crippen molar-refractivity contribution < 1.29 is 15.0 Å². The van der Waals surface area contributed by atoms with E-state index in [0.717, 1.165) is 13.0 Å². The zero-order valence-corrected chi connectivity index (χ0v) is 5.66. The average molecular weight is 145 g/mol. The van der Waals surface area contributed by atoms with E-state index >= 15 is 0 Å². The summed E-state index contributed by atoms with van der Waals surface area (Å²) in [6.45, 7) is 1.33. The van der Waals surface area contributed by atoms with Crippen molar-refractivity contribution in [3.63, 3.8) is 0 Å². The van der Waals surface area contributed by atoms with Gasteiger partial charge in [0.25, 0.3) is 0 Å². The summed E-state index contributed by atoms with van der Waals surface area (Å²) in [5.41, 5.74) is 0. The topological polar surface area (TPSA) is 60.8 Å². The van der Waals surface area contributed by atoms with Gasteiger partial charge in [-0.1, -0.05) is 0 Å². The maximum atomic E-state index is 10.3. The van der Waals surface area contributed by atoms with Crippen molar-refractivity contribution in [2.24, 2.45) is 0 Å². The molecule has 1 heterocycles. The maximum absolute atomic E-state index is 10.3. The van der Waals surface area contributed by atoms with E-state index in [1.165, 1.54) is 0 Å². The molecule has 1 rings (SSSR count). The Morgan fingerprint density at radius 1 is 1.70 bits per heavy atom. The molecule has 1 aliphatic heterocycles. The summed E-state index contributed by atoms with van der Waals surface area (Å²) in [5.74, 6) is -0.778. The lowest BCUT2D eigenvalue weighted by molar-refractivity contribution is -0.148. The van der Waals surface area contributed by atoms with Crippen LogP contribution in [0.25, 0.3) is 0 Å². The first-order chi connectivity index (χ1) is 4.75. The third kappa shape index (κ3) is 1.27. The maximum Gasteiger partial charge on any atom is 0.320 e. The van der Waals surface area contributed by atoms with Crippen LogP contribution < -0.4 is 0 Å².